The van der Waals surface area contributed by atoms with Crippen LogP contribution in [0.15, 0.2) is 401 Å². The standard InChI is InChI=1S/3C34H22N4/c1-3-9-25(10-4-1)37-31-17-15-23(21-29(31)27-13-7-19-35-33(27)37)24-16-18-32-30(22-24)28-14-8-20-36-34(28)38(32)26-11-5-2-6-12-26;1-3-8-25(9-4-1)37-31-15-13-24(21-29(31)30-22-35-19-17-33(30)37)23-14-16-32-28(20-23)27-12-7-18-36-34(27)38(32)26-10-5-2-6-11-26;1-3-8-25(9-4-1)37-31-15-13-23(20-29(31)27-17-19-35-22-33(27)37)24-14-16-32-30(21-24)28-12-7-18-36-34(28)38(32)26-10-5-2-6-11-26/h3*1-22H. The maximum Gasteiger partial charge on any atom is 0.145 e. The maximum atomic E-state index is 4.76. The zero-order valence-electron chi connectivity index (χ0n) is 61.5. The molecular weight excluding hydrogens is 1390 g/mol. The Morgan fingerprint density at radius 1 is 0.149 bits per heavy atom. The van der Waals surface area contributed by atoms with Crippen molar-refractivity contribution in [3.05, 3.63) is 401 Å². The molecule has 12 aromatic heterocycles. The molecule has 12 heteroatoms. The molecule has 0 unspecified atom stereocenters. The number of hydrogen-bond acceptors (Lipinski definition) is 6. The van der Waals surface area contributed by atoms with E-state index in [1.807, 2.05) is 104 Å². The summed E-state index contributed by atoms with van der Waals surface area (Å²) in [5, 5.41) is 14.2. The molecule has 12 nitrogen and oxygen atoms in total. The molecule has 12 aromatic carbocycles. The molecule has 0 radical (unpaired) electrons. The highest BCUT2D eigenvalue weighted by Gasteiger charge is 2.22. The Morgan fingerprint density at radius 2 is 0.386 bits per heavy atom. The molecule has 0 aliphatic carbocycles. The van der Waals surface area contributed by atoms with Crippen molar-refractivity contribution in [1.82, 2.24) is 57.3 Å². The fourth-order valence-electron chi connectivity index (χ4n) is 17.3. The number of fused-ring (bicyclic) bond motifs is 18. The van der Waals surface area contributed by atoms with Crippen molar-refractivity contribution < 1.29 is 0 Å². The lowest BCUT2D eigenvalue weighted by Gasteiger charge is -2.09. The summed E-state index contributed by atoms with van der Waals surface area (Å²) in [5.74, 6) is 0. The molecular formula is C102H66N12. The molecule has 0 spiro atoms. The van der Waals surface area contributed by atoms with E-state index in [1.165, 1.54) is 82.1 Å². The normalized spacial score (nSPS) is 11.7. The summed E-state index contributed by atoms with van der Waals surface area (Å²) >= 11 is 0. The van der Waals surface area contributed by atoms with Crippen LogP contribution >= 0.6 is 0 Å². The number of aromatic nitrogens is 12. The molecule has 0 saturated heterocycles. The van der Waals surface area contributed by atoms with Gasteiger partial charge >= 0.3 is 0 Å². The van der Waals surface area contributed by atoms with E-state index in [1.54, 1.807) is 0 Å². The van der Waals surface area contributed by atoms with Gasteiger partial charge < -0.3 is 9.13 Å². The fraction of sp³-hybridized carbons (Fsp3) is 0. The fourth-order valence-corrected chi connectivity index (χ4v) is 17.3. The monoisotopic (exact) mass is 1460 g/mol. The van der Waals surface area contributed by atoms with E-state index in [0.29, 0.717) is 0 Å². The molecule has 0 bridgehead atoms. The van der Waals surface area contributed by atoms with Crippen molar-refractivity contribution in [3.8, 4) is 67.5 Å². The lowest BCUT2D eigenvalue weighted by Crippen LogP contribution is -1.94. The van der Waals surface area contributed by atoms with Crippen LogP contribution < -0.4 is 0 Å². The number of hydrogen-bond donors (Lipinski definition) is 0. The molecule has 0 N–H and O–H groups in total. The van der Waals surface area contributed by atoms with Gasteiger partial charge in [0.1, 0.15) is 22.6 Å². The van der Waals surface area contributed by atoms with Crippen LogP contribution in [0.5, 0.6) is 0 Å². The number of para-hydroxylation sites is 6. The first-order valence-electron chi connectivity index (χ1n) is 38.3. The highest BCUT2D eigenvalue weighted by Crippen LogP contribution is 2.43. The van der Waals surface area contributed by atoms with E-state index in [9.17, 15) is 0 Å². The lowest BCUT2D eigenvalue weighted by molar-refractivity contribution is 1.13. The molecule has 0 aliphatic heterocycles. The van der Waals surface area contributed by atoms with Gasteiger partial charge in [0, 0.05) is 142 Å². The van der Waals surface area contributed by atoms with E-state index in [4.69, 9.17) is 19.9 Å². The van der Waals surface area contributed by atoms with E-state index < -0.39 is 0 Å². The second-order valence-corrected chi connectivity index (χ2v) is 28.7. The average Bonchev–Trinajstić information content (AvgIpc) is 1.59. The Kier molecular flexibility index (Phi) is 15.6. The summed E-state index contributed by atoms with van der Waals surface area (Å²) in [6, 6.07) is 124. The minimum atomic E-state index is 0.971. The zero-order chi connectivity index (χ0) is 75.2. The highest BCUT2D eigenvalue weighted by atomic mass is 15.1. The first kappa shape index (κ1) is 65.4. The number of nitrogens with zero attached hydrogens (tertiary/aromatic N) is 12. The Morgan fingerprint density at radius 3 is 0.693 bits per heavy atom. The van der Waals surface area contributed by atoms with Crippen molar-refractivity contribution >= 4 is 131 Å². The minimum absolute atomic E-state index is 0.971. The summed E-state index contributed by atoms with van der Waals surface area (Å²) < 4.78 is 13.6. The third-order valence-corrected chi connectivity index (χ3v) is 22.3. The highest BCUT2D eigenvalue weighted by molar-refractivity contribution is 6.16. The van der Waals surface area contributed by atoms with E-state index >= 15 is 0 Å². The largest absolute Gasteiger partial charge is 0.309 e. The van der Waals surface area contributed by atoms with Gasteiger partial charge in [-0.25, -0.2) is 19.9 Å². The van der Waals surface area contributed by atoms with E-state index in [2.05, 4.69) is 335 Å². The number of benzene rings is 12. The third-order valence-electron chi connectivity index (χ3n) is 22.3. The second-order valence-electron chi connectivity index (χ2n) is 28.7. The van der Waals surface area contributed by atoms with Crippen molar-refractivity contribution in [2.45, 2.75) is 0 Å². The van der Waals surface area contributed by atoms with Gasteiger partial charge in [0.05, 0.1) is 50.3 Å². The van der Waals surface area contributed by atoms with Gasteiger partial charge in [-0.15, -0.1) is 0 Å². The van der Waals surface area contributed by atoms with Crippen LogP contribution in [-0.2, 0) is 0 Å². The van der Waals surface area contributed by atoms with Gasteiger partial charge in [0.15, 0.2) is 0 Å². The summed E-state index contributed by atoms with van der Waals surface area (Å²) in [6.45, 7) is 0. The Hall–Kier alpha value is -15.7. The van der Waals surface area contributed by atoms with Gasteiger partial charge in [-0.1, -0.05) is 146 Å². The molecule has 534 valence electrons. The predicted molar refractivity (Wildman–Crippen MR) is 468 cm³/mol. The molecule has 0 fully saturated rings. The third kappa shape index (κ3) is 10.8. The first-order chi connectivity index (χ1) is 56.6. The Balaban J connectivity index is 0.000000104. The molecule has 24 aromatic rings. The Bertz CT molecular complexity index is 6630. The lowest BCUT2D eigenvalue weighted by atomic mass is 10.0. The van der Waals surface area contributed by atoms with Crippen LogP contribution in [0.4, 0.5) is 0 Å². The van der Waals surface area contributed by atoms with Gasteiger partial charge in [-0.3, -0.25) is 28.2 Å². The summed E-state index contributed by atoms with van der Waals surface area (Å²) in [6.07, 6.45) is 15.1. The molecule has 0 atom stereocenters. The SMILES string of the molecule is c1ccc(-n2c3ccc(-c4ccc5c(c4)c4cccnc4n5-c4ccccc4)cc3c3cccnc32)cc1.c1ccc(-n2c3ccc(-c4ccc5c(c4)c4cccnc4n5-c4ccccc4)cc3c3ccncc32)cc1.c1ccc(-n2c3ccncc3c3cc(-c4ccc5c(c4)c4cccnc4n5-c4ccccc4)ccc32)cc1. The zero-order valence-corrected chi connectivity index (χ0v) is 61.5. The van der Waals surface area contributed by atoms with Crippen molar-refractivity contribution in [1.29, 1.82) is 0 Å². The van der Waals surface area contributed by atoms with Crippen molar-refractivity contribution in [3.63, 3.8) is 0 Å². The van der Waals surface area contributed by atoms with E-state index in [-0.39, 0.29) is 0 Å². The molecule has 0 saturated carbocycles. The van der Waals surface area contributed by atoms with Gasteiger partial charge in [-0.05, 0) is 240 Å². The maximum absolute atomic E-state index is 4.76. The Labute approximate surface area is 653 Å². The van der Waals surface area contributed by atoms with Crippen LogP contribution in [0.3, 0.4) is 0 Å². The quantitative estimate of drug-likeness (QED) is 0.142. The van der Waals surface area contributed by atoms with Gasteiger partial charge in [0.25, 0.3) is 0 Å². The number of pyridine rings is 6. The topological polar surface area (TPSA) is 107 Å². The van der Waals surface area contributed by atoms with Crippen LogP contribution in [0.2, 0.25) is 0 Å². The predicted octanol–water partition coefficient (Wildman–Crippen LogP) is 25.0. The first-order valence-corrected chi connectivity index (χ1v) is 38.3. The average molecular weight is 1460 g/mol. The summed E-state index contributed by atoms with van der Waals surface area (Å²) in [4.78, 5) is 27.9. The van der Waals surface area contributed by atoms with Gasteiger partial charge in [-0.2, -0.15) is 0 Å². The molecule has 0 amide bonds. The summed E-state index contributed by atoms with van der Waals surface area (Å²) in [5.41, 5.74) is 26.9. The van der Waals surface area contributed by atoms with E-state index in [0.717, 1.165) is 117 Å². The van der Waals surface area contributed by atoms with Crippen LogP contribution in [0, 0.1) is 0 Å². The van der Waals surface area contributed by atoms with Crippen LogP contribution in [-0.4, -0.2) is 57.3 Å². The van der Waals surface area contributed by atoms with Crippen LogP contribution in [0.1, 0.15) is 0 Å². The molecule has 114 heavy (non-hydrogen) atoms. The number of rotatable bonds is 9. The van der Waals surface area contributed by atoms with Crippen molar-refractivity contribution in [2.75, 3.05) is 0 Å². The van der Waals surface area contributed by atoms with Crippen LogP contribution in [0.25, 0.3) is 199 Å². The van der Waals surface area contributed by atoms with Crippen molar-refractivity contribution in [2.24, 2.45) is 0 Å². The molecule has 0 aliphatic rings. The van der Waals surface area contributed by atoms with Gasteiger partial charge in [0.2, 0.25) is 0 Å². The second kappa shape index (κ2) is 27.2. The summed E-state index contributed by atoms with van der Waals surface area (Å²) in [7, 11) is 0. The minimum Gasteiger partial charge on any atom is -0.309 e. The smallest absolute Gasteiger partial charge is 0.145 e. The molecule has 12 heterocycles. The molecule has 24 rings (SSSR count).